The van der Waals surface area contributed by atoms with Gasteiger partial charge in [0.15, 0.2) is 12.1 Å². The fourth-order valence-electron chi connectivity index (χ4n) is 4.33. The Morgan fingerprint density at radius 3 is 2.14 bits per heavy atom. The molecule has 2 aromatic rings. The molecule has 0 heterocycles. The summed E-state index contributed by atoms with van der Waals surface area (Å²) in [5.74, 6) is -1.99. The summed E-state index contributed by atoms with van der Waals surface area (Å²) >= 11 is 0. The first-order valence-corrected chi connectivity index (χ1v) is 13.9. The number of aldehydes is 1. The highest BCUT2D eigenvalue weighted by Gasteiger charge is 2.39. The number of imide groups is 1. The van der Waals surface area contributed by atoms with Crippen LogP contribution in [0.4, 0.5) is 4.79 Å². The molecule has 0 bridgehead atoms. The van der Waals surface area contributed by atoms with E-state index < -0.39 is 42.1 Å². The number of aliphatic hydroxyl groups excluding tert-OH is 1. The largest absolute Gasteiger partial charge is 0.445 e. The number of alkyl carbamates (subject to hydrolysis) is 1. The zero-order valence-corrected chi connectivity index (χ0v) is 24.1. The molecule has 0 saturated heterocycles. The first-order valence-electron chi connectivity index (χ1n) is 13.9. The van der Waals surface area contributed by atoms with E-state index in [1.54, 1.807) is 54.6 Å². The summed E-state index contributed by atoms with van der Waals surface area (Å²) in [6, 6.07) is 14.3. The van der Waals surface area contributed by atoms with Crippen LogP contribution in [0.5, 0.6) is 0 Å². The molecular weight excluding hydrogens is 540 g/mol. The third-order valence-corrected chi connectivity index (χ3v) is 6.41. The Morgan fingerprint density at radius 2 is 1.60 bits per heavy atom. The van der Waals surface area contributed by atoms with Crippen LogP contribution < -0.4 is 22.5 Å². The van der Waals surface area contributed by atoms with Crippen LogP contribution in [0, 0.1) is 5.92 Å². The lowest BCUT2D eigenvalue weighted by Crippen LogP contribution is -2.59. The maximum atomic E-state index is 13.8. The summed E-state index contributed by atoms with van der Waals surface area (Å²) in [7, 11) is 0. The van der Waals surface area contributed by atoms with Gasteiger partial charge in [-0.15, -0.1) is 0 Å². The minimum absolute atomic E-state index is 0.0225. The number of carbonyl (C=O) groups excluding carboxylic acids is 4. The number of nitrogens with zero attached hydrogens (tertiary/aromatic N) is 2. The van der Waals surface area contributed by atoms with Gasteiger partial charge in [-0.25, -0.2) is 4.79 Å². The summed E-state index contributed by atoms with van der Waals surface area (Å²) in [4.78, 5) is 56.7. The van der Waals surface area contributed by atoms with Crippen molar-refractivity contribution in [2.24, 2.45) is 28.1 Å². The molecule has 2 rings (SSSR count). The van der Waals surface area contributed by atoms with E-state index in [0.29, 0.717) is 16.7 Å². The zero-order valence-electron chi connectivity index (χ0n) is 24.1. The van der Waals surface area contributed by atoms with Gasteiger partial charge in [0.1, 0.15) is 12.9 Å². The number of aliphatic hydroxyl groups is 1. The van der Waals surface area contributed by atoms with Crippen molar-refractivity contribution in [2.45, 2.75) is 70.4 Å². The van der Waals surface area contributed by atoms with Gasteiger partial charge in [-0.1, -0.05) is 74.5 Å². The van der Waals surface area contributed by atoms with Crippen LogP contribution in [0.15, 0.2) is 65.7 Å². The van der Waals surface area contributed by atoms with Gasteiger partial charge in [-0.2, -0.15) is 0 Å². The SMILES string of the molecule is CC(C)C[C@H](N)C(=O)N(C(=O)C(O)[C@@H](Cc1ccccc1)NC(=O)OCc1ccccc1)[C@H](C=O)CCCN=C(N)N. The third-order valence-electron chi connectivity index (χ3n) is 6.41. The van der Waals surface area contributed by atoms with Gasteiger partial charge in [-0.3, -0.25) is 19.5 Å². The summed E-state index contributed by atoms with van der Waals surface area (Å²) < 4.78 is 5.31. The smallest absolute Gasteiger partial charge is 0.407 e. The molecule has 0 aliphatic carbocycles. The number of benzene rings is 2. The van der Waals surface area contributed by atoms with E-state index in [0.717, 1.165) is 5.56 Å². The van der Waals surface area contributed by atoms with Gasteiger partial charge in [0.05, 0.1) is 18.1 Å². The second kappa shape index (κ2) is 17.5. The van der Waals surface area contributed by atoms with Crippen molar-refractivity contribution in [3.63, 3.8) is 0 Å². The predicted molar refractivity (Wildman–Crippen MR) is 159 cm³/mol. The van der Waals surface area contributed by atoms with E-state index in [2.05, 4.69) is 10.3 Å². The van der Waals surface area contributed by atoms with Gasteiger partial charge in [-0.05, 0) is 42.7 Å². The highest BCUT2D eigenvalue weighted by atomic mass is 16.5. The lowest BCUT2D eigenvalue weighted by molar-refractivity contribution is -0.157. The fraction of sp³-hybridized carbons (Fsp3) is 0.433. The maximum Gasteiger partial charge on any atom is 0.407 e. The molecule has 2 aromatic carbocycles. The highest BCUT2D eigenvalue weighted by molar-refractivity contribution is 6.02. The molecule has 0 fully saturated rings. The van der Waals surface area contributed by atoms with Gasteiger partial charge in [0, 0.05) is 6.54 Å². The van der Waals surface area contributed by atoms with Crippen LogP contribution in [-0.2, 0) is 32.1 Å². The Kier molecular flexibility index (Phi) is 14.1. The predicted octanol–water partition coefficient (Wildman–Crippen LogP) is 1.23. The molecule has 0 saturated carbocycles. The lowest BCUT2D eigenvalue weighted by Gasteiger charge is -2.33. The number of guanidine groups is 1. The number of hydrogen-bond acceptors (Lipinski definition) is 8. The quantitative estimate of drug-likeness (QED) is 0.0834. The molecule has 42 heavy (non-hydrogen) atoms. The minimum atomic E-state index is -1.91. The van der Waals surface area contributed by atoms with Crippen molar-refractivity contribution in [1.82, 2.24) is 10.2 Å². The zero-order chi connectivity index (χ0) is 31.1. The fourth-order valence-corrected chi connectivity index (χ4v) is 4.33. The van der Waals surface area contributed by atoms with Crippen molar-refractivity contribution in [3.05, 3.63) is 71.8 Å². The molecule has 4 atom stereocenters. The molecule has 0 aliphatic rings. The molecule has 3 amide bonds. The minimum Gasteiger partial charge on any atom is -0.445 e. The average Bonchev–Trinajstić information content (AvgIpc) is 2.97. The molecule has 0 aromatic heterocycles. The Labute approximate surface area is 246 Å². The number of carbonyl (C=O) groups is 4. The van der Waals surface area contributed by atoms with Crippen molar-refractivity contribution in [2.75, 3.05) is 6.54 Å². The monoisotopic (exact) mass is 582 g/mol. The highest BCUT2D eigenvalue weighted by Crippen LogP contribution is 2.17. The van der Waals surface area contributed by atoms with Crippen LogP contribution in [0.3, 0.4) is 0 Å². The van der Waals surface area contributed by atoms with E-state index in [-0.39, 0.29) is 50.7 Å². The number of nitrogens with one attached hydrogen (secondary N) is 1. The summed E-state index contributed by atoms with van der Waals surface area (Å²) in [6.07, 6.45) is -1.75. The van der Waals surface area contributed by atoms with Gasteiger partial charge >= 0.3 is 6.09 Å². The van der Waals surface area contributed by atoms with E-state index in [9.17, 15) is 24.3 Å². The maximum absolute atomic E-state index is 13.8. The molecular formula is C30H42N6O6. The van der Waals surface area contributed by atoms with Crippen molar-refractivity contribution >= 4 is 30.2 Å². The first kappa shape index (κ1) is 33.9. The van der Waals surface area contributed by atoms with Crippen LogP contribution in [-0.4, -0.2) is 70.9 Å². The van der Waals surface area contributed by atoms with Crippen molar-refractivity contribution in [1.29, 1.82) is 0 Å². The molecule has 8 N–H and O–H groups in total. The van der Waals surface area contributed by atoms with Crippen LogP contribution in [0.1, 0.15) is 44.2 Å². The number of nitrogens with two attached hydrogens (primary N) is 3. The summed E-state index contributed by atoms with van der Waals surface area (Å²) in [5.41, 5.74) is 18.3. The first-order chi connectivity index (χ1) is 20.0. The van der Waals surface area contributed by atoms with Crippen LogP contribution >= 0.6 is 0 Å². The lowest BCUT2D eigenvalue weighted by atomic mass is 9.98. The molecule has 12 heteroatoms. The molecule has 12 nitrogen and oxygen atoms in total. The van der Waals surface area contributed by atoms with Crippen molar-refractivity contribution < 1.29 is 29.0 Å². The summed E-state index contributed by atoms with van der Waals surface area (Å²) in [6.45, 7) is 3.85. The standard InChI is InChI=1S/C30H42N6O6/c1-20(2)16-24(31)27(39)36(23(18-37)14-9-15-34-29(32)33)28(40)26(38)25(17-21-10-5-3-6-11-21)35-30(41)42-19-22-12-7-4-8-13-22/h3-8,10-13,18,20,23-26,38H,9,14-17,19,31H2,1-2H3,(H,35,41)(H4,32,33,34)/t23-,24-,25+,26?/m0/s1. The summed E-state index contributed by atoms with van der Waals surface area (Å²) in [5, 5.41) is 13.9. The molecule has 1 unspecified atom stereocenters. The molecule has 0 spiro atoms. The van der Waals surface area contributed by atoms with E-state index in [1.807, 2.05) is 19.9 Å². The van der Waals surface area contributed by atoms with E-state index >= 15 is 0 Å². The number of amides is 3. The van der Waals surface area contributed by atoms with Crippen LogP contribution in [0.2, 0.25) is 0 Å². The molecule has 0 aliphatic heterocycles. The average molecular weight is 583 g/mol. The van der Waals surface area contributed by atoms with Gasteiger partial charge in [0.25, 0.3) is 5.91 Å². The topological polar surface area (TPSA) is 203 Å². The van der Waals surface area contributed by atoms with Gasteiger partial charge in [0.2, 0.25) is 5.91 Å². The second-order valence-electron chi connectivity index (χ2n) is 10.4. The van der Waals surface area contributed by atoms with Crippen LogP contribution in [0.25, 0.3) is 0 Å². The molecule has 228 valence electrons. The van der Waals surface area contributed by atoms with Gasteiger partial charge < -0.3 is 37.2 Å². The molecule has 0 radical (unpaired) electrons. The number of hydrogen-bond donors (Lipinski definition) is 5. The Bertz CT molecular complexity index is 1170. The number of aliphatic imine (C=N–C) groups is 1. The van der Waals surface area contributed by atoms with Crippen molar-refractivity contribution in [3.8, 4) is 0 Å². The number of ether oxygens (including phenoxy) is 1. The van der Waals surface area contributed by atoms with E-state index in [1.165, 1.54) is 0 Å². The Balaban J connectivity index is 2.33. The second-order valence-corrected chi connectivity index (χ2v) is 10.4. The Morgan fingerprint density at radius 1 is 1.00 bits per heavy atom. The van der Waals surface area contributed by atoms with E-state index in [4.69, 9.17) is 21.9 Å². The number of rotatable bonds is 16. The normalized spacial score (nSPS) is 13.7. The Hall–Kier alpha value is -4.29. The third kappa shape index (κ3) is 11.3.